The fraction of sp³-hybridized carbons (Fsp3) is 0.625. The van der Waals surface area contributed by atoms with Crippen LogP contribution in [0.25, 0.3) is 22.2 Å². The maximum absolute atomic E-state index is 16.7. The van der Waals surface area contributed by atoms with Crippen LogP contribution in [0.5, 0.6) is 11.9 Å². The van der Waals surface area contributed by atoms with Crippen molar-refractivity contribution >= 4 is 22.5 Å². The molecule has 5 aliphatic heterocycles. The second kappa shape index (κ2) is 11.5. The fourth-order valence-corrected chi connectivity index (χ4v) is 7.77. The van der Waals surface area contributed by atoms with Gasteiger partial charge in [-0.05, 0) is 46.0 Å². The quantitative estimate of drug-likeness (QED) is 0.365. The number of pyridine rings is 2. The van der Waals surface area contributed by atoms with E-state index in [0.29, 0.717) is 31.5 Å². The van der Waals surface area contributed by atoms with Crippen LogP contribution in [-0.2, 0) is 10.9 Å². The van der Waals surface area contributed by atoms with Gasteiger partial charge in [-0.3, -0.25) is 4.90 Å². The van der Waals surface area contributed by atoms with Crippen molar-refractivity contribution in [1.29, 1.82) is 0 Å². The van der Waals surface area contributed by atoms with Gasteiger partial charge in [0.15, 0.2) is 17.5 Å². The Balaban J connectivity index is 1.23. The molecule has 11 nitrogen and oxygen atoms in total. The van der Waals surface area contributed by atoms with Crippen molar-refractivity contribution < 1.29 is 36.2 Å². The van der Waals surface area contributed by atoms with E-state index in [2.05, 4.69) is 25.2 Å². The molecule has 4 saturated heterocycles. The highest BCUT2D eigenvalue weighted by Crippen LogP contribution is 2.49. The van der Waals surface area contributed by atoms with Crippen molar-refractivity contribution in [3.63, 3.8) is 0 Å². The third-order valence-corrected chi connectivity index (χ3v) is 10.5. The van der Waals surface area contributed by atoms with E-state index >= 15 is 8.78 Å². The SMILES string of the molecule is Cc1nc(N)c(F)c(-c2nc3c4c(nc(OCC5(CN6C[C@H]7CCC[C@@H]6CO7)CC5)nc4c2F)N2CCNC[C@H]2[C@H](C)O3)c1C(F)(F)F. The minimum atomic E-state index is -5.10. The van der Waals surface area contributed by atoms with Crippen LogP contribution in [0.3, 0.4) is 0 Å². The third kappa shape index (κ3) is 5.35. The van der Waals surface area contributed by atoms with Crippen LogP contribution in [0.1, 0.15) is 50.3 Å². The summed E-state index contributed by atoms with van der Waals surface area (Å²) in [5.74, 6) is -3.53. The van der Waals surface area contributed by atoms with E-state index < -0.39 is 52.2 Å². The molecule has 1 saturated carbocycles. The van der Waals surface area contributed by atoms with E-state index in [-0.39, 0.29) is 47.0 Å². The fourth-order valence-electron chi connectivity index (χ4n) is 7.77. The molecule has 0 amide bonds. The Morgan fingerprint density at radius 2 is 1.92 bits per heavy atom. The van der Waals surface area contributed by atoms with Crippen LogP contribution >= 0.6 is 0 Å². The minimum absolute atomic E-state index is 0.0780. The molecule has 4 atom stereocenters. The van der Waals surface area contributed by atoms with Gasteiger partial charge in [0, 0.05) is 44.2 Å². The molecule has 0 aromatic carbocycles. The summed E-state index contributed by atoms with van der Waals surface area (Å²) < 4.78 is 93.8. The number of aryl methyl sites for hydroxylation is 1. The maximum Gasteiger partial charge on any atom is 0.418 e. The first-order valence-corrected chi connectivity index (χ1v) is 16.5. The molecule has 3 aromatic rings. The molecule has 16 heteroatoms. The number of anilines is 2. The Bertz CT molecular complexity index is 1770. The Hall–Kier alpha value is -3.63. The van der Waals surface area contributed by atoms with Gasteiger partial charge in [0.05, 0.1) is 42.2 Å². The van der Waals surface area contributed by atoms with Gasteiger partial charge < -0.3 is 30.2 Å². The van der Waals surface area contributed by atoms with Crippen LogP contribution in [0, 0.1) is 24.0 Å². The Morgan fingerprint density at radius 3 is 2.69 bits per heavy atom. The Labute approximate surface area is 273 Å². The van der Waals surface area contributed by atoms with Crippen molar-refractivity contribution in [2.75, 3.05) is 56.6 Å². The first kappa shape index (κ1) is 31.6. The monoisotopic (exact) mass is 676 g/mol. The number of hydrogen-bond donors (Lipinski definition) is 2. The first-order chi connectivity index (χ1) is 22.9. The lowest BCUT2D eigenvalue weighted by atomic mass is 10.0. The number of hydrogen-bond acceptors (Lipinski definition) is 11. The van der Waals surface area contributed by atoms with Gasteiger partial charge in [-0.25, -0.2) is 18.7 Å². The third-order valence-electron chi connectivity index (χ3n) is 10.5. The van der Waals surface area contributed by atoms with Crippen molar-refractivity contribution in [3.8, 4) is 23.1 Å². The largest absolute Gasteiger partial charge is 0.472 e. The molecule has 48 heavy (non-hydrogen) atoms. The molecule has 3 aromatic heterocycles. The van der Waals surface area contributed by atoms with Crippen LogP contribution in [0.2, 0.25) is 0 Å². The van der Waals surface area contributed by atoms with Crippen molar-refractivity contribution in [3.05, 3.63) is 22.9 Å². The number of fused-ring (bicyclic) bond motifs is 6. The lowest BCUT2D eigenvalue weighted by Gasteiger charge is -2.39. The smallest absolute Gasteiger partial charge is 0.418 e. The van der Waals surface area contributed by atoms with E-state index in [0.717, 1.165) is 58.7 Å². The van der Waals surface area contributed by atoms with Gasteiger partial charge in [-0.2, -0.15) is 23.1 Å². The summed E-state index contributed by atoms with van der Waals surface area (Å²) >= 11 is 0. The average molecular weight is 677 g/mol. The van der Waals surface area contributed by atoms with E-state index in [1.807, 2.05) is 4.90 Å². The summed E-state index contributed by atoms with van der Waals surface area (Å²) in [6.45, 7) is 7.13. The van der Waals surface area contributed by atoms with Gasteiger partial charge in [0.1, 0.15) is 28.5 Å². The molecule has 0 unspecified atom stereocenters. The summed E-state index contributed by atoms with van der Waals surface area (Å²) in [6, 6.07) is -0.0355. The van der Waals surface area contributed by atoms with Crippen LogP contribution in [0.4, 0.5) is 33.6 Å². The molecule has 3 N–H and O–H groups in total. The average Bonchev–Trinajstić information content (AvgIpc) is 3.88. The van der Waals surface area contributed by atoms with Crippen molar-refractivity contribution in [2.24, 2.45) is 5.41 Å². The lowest BCUT2D eigenvalue weighted by Crippen LogP contribution is -2.56. The summed E-state index contributed by atoms with van der Waals surface area (Å²) in [5, 5.41) is 3.39. The molecule has 258 valence electrons. The van der Waals surface area contributed by atoms with Crippen LogP contribution in [-0.4, -0.2) is 95.1 Å². The molecule has 0 spiro atoms. The topological polar surface area (TPSA) is 124 Å². The number of ether oxygens (including phenoxy) is 3. The zero-order valence-corrected chi connectivity index (χ0v) is 26.7. The number of aromatic nitrogens is 4. The highest BCUT2D eigenvalue weighted by atomic mass is 19.4. The summed E-state index contributed by atoms with van der Waals surface area (Å²) in [5.41, 5.74) is 0.970. The predicted molar refractivity (Wildman–Crippen MR) is 165 cm³/mol. The Morgan fingerprint density at radius 1 is 1.10 bits per heavy atom. The van der Waals surface area contributed by atoms with Crippen LogP contribution < -0.4 is 25.4 Å². The zero-order chi connectivity index (χ0) is 33.5. The number of nitrogens with zero attached hydrogens (tertiary/aromatic N) is 6. The number of nitrogens with one attached hydrogen (secondary N) is 1. The van der Waals surface area contributed by atoms with E-state index in [1.165, 1.54) is 0 Å². The molecular weight excluding hydrogens is 639 g/mol. The molecule has 9 rings (SSSR count). The lowest BCUT2D eigenvalue weighted by molar-refractivity contribution is -0.138. The molecule has 0 radical (unpaired) electrons. The molecule has 8 heterocycles. The highest BCUT2D eigenvalue weighted by molar-refractivity contribution is 5.97. The highest BCUT2D eigenvalue weighted by Gasteiger charge is 2.48. The number of nitrogen functional groups attached to an aromatic ring is 1. The molecule has 1 aliphatic carbocycles. The minimum Gasteiger partial charge on any atom is -0.472 e. The van der Waals surface area contributed by atoms with Gasteiger partial charge in [-0.1, -0.05) is 0 Å². The first-order valence-electron chi connectivity index (χ1n) is 16.5. The van der Waals surface area contributed by atoms with E-state index in [1.54, 1.807) is 6.92 Å². The van der Waals surface area contributed by atoms with Gasteiger partial charge in [0.25, 0.3) is 0 Å². The molecular formula is C32H37F5N8O3. The predicted octanol–water partition coefficient (Wildman–Crippen LogP) is 4.25. The second-order valence-electron chi connectivity index (χ2n) is 13.8. The number of nitrogens with two attached hydrogens (primary N) is 1. The number of rotatable bonds is 6. The summed E-state index contributed by atoms with van der Waals surface area (Å²) in [6.07, 6.45) is -0.225. The van der Waals surface area contributed by atoms with E-state index in [9.17, 15) is 13.2 Å². The normalized spacial score (nSPS) is 26.5. The number of piperazine rings is 1. The molecule has 2 bridgehead atoms. The van der Waals surface area contributed by atoms with Gasteiger partial charge >= 0.3 is 12.2 Å². The summed E-state index contributed by atoms with van der Waals surface area (Å²) in [7, 11) is 0. The standard InChI is InChI=1S/C32H37F5N8O3/c1-15-22(32(35,36)37)20(23(33)27(38)40-15)25-24(34)26-21-28(45-9-8-39-10-19(45)16(2)48-29(21)41-25)43-30(42-26)47-14-31(6-7-31)13-44-11-18-5-3-4-17(44)12-46-18/h16-19,39H,3-14H2,1-2H3,(H2,38,40)/t16-,17+,18+,19-/m0/s1. The Kier molecular flexibility index (Phi) is 7.56. The second-order valence-corrected chi connectivity index (χ2v) is 13.8. The summed E-state index contributed by atoms with van der Waals surface area (Å²) in [4.78, 5) is 21.3. The van der Waals surface area contributed by atoms with E-state index in [4.69, 9.17) is 24.9 Å². The van der Waals surface area contributed by atoms with Crippen LogP contribution in [0.15, 0.2) is 0 Å². The van der Waals surface area contributed by atoms with Gasteiger partial charge in [-0.15, -0.1) is 0 Å². The van der Waals surface area contributed by atoms with Crippen molar-refractivity contribution in [2.45, 2.75) is 76.4 Å². The van der Waals surface area contributed by atoms with Crippen molar-refractivity contribution in [1.82, 2.24) is 30.2 Å². The number of morpholine rings is 1. The molecule has 5 fully saturated rings. The number of alkyl halides is 3. The molecule has 6 aliphatic rings. The number of halogens is 5. The maximum atomic E-state index is 16.7. The van der Waals surface area contributed by atoms with Gasteiger partial charge in [0.2, 0.25) is 5.88 Å². The zero-order valence-electron chi connectivity index (χ0n) is 26.7.